The van der Waals surface area contributed by atoms with Crippen molar-refractivity contribution in [2.75, 3.05) is 0 Å². The lowest BCUT2D eigenvalue weighted by Gasteiger charge is -2.20. The lowest BCUT2D eigenvalue weighted by atomic mass is 9.85. The van der Waals surface area contributed by atoms with Crippen molar-refractivity contribution in [1.29, 1.82) is 0 Å². The van der Waals surface area contributed by atoms with E-state index >= 15 is 0 Å². The molecule has 0 saturated heterocycles. The number of fused-ring (bicyclic) bond motifs is 1. The molecular weight excluding hydrogens is 406 g/mol. The molecule has 0 radical (unpaired) electrons. The molecule has 2 aromatic carbocycles. The zero-order valence-corrected chi connectivity index (χ0v) is 21.5. The molecule has 0 bridgehead atoms. The van der Waals surface area contributed by atoms with E-state index in [9.17, 15) is 0 Å². The summed E-state index contributed by atoms with van der Waals surface area (Å²) in [4.78, 5) is 6.38. The first-order chi connectivity index (χ1) is 15.0. The van der Waals surface area contributed by atoms with Gasteiger partial charge in [0.1, 0.15) is 0 Å². The number of nitrogens with zero attached hydrogens (tertiary/aromatic N) is 1. The maximum atomic E-state index is 5.08. The van der Waals surface area contributed by atoms with Crippen LogP contribution in [0.3, 0.4) is 0 Å². The highest BCUT2D eigenvalue weighted by Crippen LogP contribution is 2.37. The molecule has 2 heteroatoms. The molecule has 4 aromatic rings. The van der Waals surface area contributed by atoms with Gasteiger partial charge in [-0.15, -0.1) is 11.3 Å². The van der Waals surface area contributed by atoms with Crippen LogP contribution in [0.4, 0.5) is 0 Å². The Kier molecular flexibility index (Phi) is 6.02. The predicted molar refractivity (Wildman–Crippen MR) is 142 cm³/mol. The highest BCUT2D eigenvalue weighted by atomic mass is 32.1. The van der Waals surface area contributed by atoms with Gasteiger partial charge in [0.05, 0.1) is 15.9 Å². The summed E-state index contributed by atoms with van der Waals surface area (Å²) in [5.74, 6) is 1.04. The van der Waals surface area contributed by atoms with Gasteiger partial charge in [0, 0.05) is 10.4 Å². The van der Waals surface area contributed by atoms with Crippen molar-refractivity contribution < 1.29 is 0 Å². The van der Waals surface area contributed by atoms with E-state index in [1.54, 1.807) is 0 Å². The van der Waals surface area contributed by atoms with E-state index in [1.165, 1.54) is 43.0 Å². The highest BCUT2D eigenvalue weighted by Gasteiger charge is 2.16. The number of hydrogen-bond donors (Lipinski definition) is 0. The summed E-state index contributed by atoms with van der Waals surface area (Å²) in [7, 11) is 0. The Morgan fingerprint density at radius 1 is 0.750 bits per heavy atom. The smallest absolute Gasteiger partial charge is 0.0823 e. The second-order valence-corrected chi connectivity index (χ2v) is 11.8. The topological polar surface area (TPSA) is 12.9 Å². The van der Waals surface area contributed by atoms with Gasteiger partial charge in [-0.2, -0.15) is 0 Å². The number of rotatable bonds is 4. The number of aromatic nitrogens is 1. The van der Waals surface area contributed by atoms with Crippen molar-refractivity contribution in [3.63, 3.8) is 0 Å². The van der Waals surface area contributed by atoms with Crippen LogP contribution in [0.1, 0.15) is 82.6 Å². The average Bonchev–Trinajstić information content (AvgIpc) is 3.15. The molecule has 4 rings (SSSR count). The molecule has 2 heterocycles. The van der Waals surface area contributed by atoms with Crippen LogP contribution in [0, 0.1) is 6.92 Å². The number of thiophene rings is 1. The van der Waals surface area contributed by atoms with Crippen molar-refractivity contribution in [3.8, 4) is 21.7 Å². The summed E-state index contributed by atoms with van der Waals surface area (Å²) in [5, 5.41) is 0. The van der Waals surface area contributed by atoms with Gasteiger partial charge < -0.3 is 0 Å². The van der Waals surface area contributed by atoms with Crippen molar-refractivity contribution in [2.45, 2.75) is 72.6 Å². The first-order valence-electron chi connectivity index (χ1n) is 11.7. The van der Waals surface area contributed by atoms with Gasteiger partial charge in [-0.1, -0.05) is 78.3 Å². The minimum Gasteiger partial charge on any atom is -0.247 e. The fraction of sp³-hybridized carbons (Fsp3) is 0.367. The van der Waals surface area contributed by atoms with Crippen LogP contribution in [0.2, 0.25) is 0 Å². The van der Waals surface area contributed by atoms with Gasteiger partial charge in [0.25, 0.3) is 0 Å². The molecule has 1 nitrogen and oxygen atoms in total. The van der Waals surface area contributed by atoms with E-state index in [-0.39, 0.29) is 5.41 Å². The molecule has 2 aromatic heterocycles. The lowest BCUT2D eigenvalue weighted by molar-refractivity contribution is 0.590. The molecule has 0 saturated carbocycles. The Labute approximate surface area is 197 Å². The van der Waals surface area contributed by atoms with Gasteiger partial charge in [0.15, 0.2) is 0 Å². The average molecular weight is 442 g/mol. The quantitative estimate of drug-likeness (QED) is 0.307. The molecule has 0 aliphatic carbocycles. The minimum atomic E-state index is 0.121. The Morgan fingerprint density at radius 3 is 2.00 bits per heavy atom. The molecule has 0 spiro atoms. The fourth-order valence-corrected chi connectivity index (χ4v) is 5.06. The summed E-state index contributed by atoms with van der Waals surface area (Å²) in [6, 6.07) is 20.6. The molecule has 0 N–H and O–H groups in total. The molecule has 0 fully saturated rings. The summed E-state index contributed by atoms with van der Waals surface area (Å²) in [6.45, 7) is 18.1. The van der Waals surface area contributed by atoms with E-state index < -0.39 is 0 Å². The normalized spacial score (nSPS) is 12.3. The Bertz CT molecular complexity index is 1240. The van der Waals surface area contributed by atoms with Gasteiger partial charge in [-0.05, 0) is 76.8 Å². The zero-order valence-electron chi connectivity index (χ0n) is 20.7. The molecule has 0 aliphatic heterocycles. The highest BCUT2D eigenvalue weighted by molar-refractivity contribution is 7.22. The Hall–Kier alpha value is -2.45. The van der Waals surface area contributed by atoms with Crippen LogP contribution in [0.25, 0.3) is 31.9 Å². The third-order valence-electron chi connectivity index (χ3n) is 6.21. The number of aryl methyl sites for hydroxylation is 1. The van der Waals surface area contributed by atoms with Crippen molar-refractivity contribution in [2.24, 2.45) is 0 Å². The molecular formula is C30H35NS. The second-order valence-electron chi connectivity index (χ2n) is 10.7. The van der Waals surface area contributed by atoms with E-state index in [4.69, 9.17) is 4.98 Å². The third kappa shape index (κ3) is 4.66. The van der Waals surface area contributed by atoms with E-state index in [0.29, 0.717) is 11.8 Å². The van der Waals surface area contributed by atoms with Gasteiger partial charge in [0.2, 0.25) is 0 Å². The molecule has 0 unspecified atom stereocenters. The van der Waals surface area contributed by atoms with Crippen molar-refractivity contribution >= 4 is 21.6 Å². The summed E-state index contributed by atoms with van der Waals surface area (Å²) in [6.07, 6.45) is 0. The maximum Gasteiger partial charge on any atom is 0.0823 e. The van der Waals surface area contributed by atoms with Crippen molar-refractivity contribution in [3.05, 3.63) is 76.9 Å². The SMILES string of the molecule is Cc1cc(-c2ccc3sc(-c4cc(C(C)C)cc(C(C)C)c4)cc3n2)cc(C(C)(C)C)c1. The van der Waals surface area contributed by atoms with Crippen LogP contribution in [-0.4, -0.2) is 4.98 Å². The molecule has 32 heavy (non-hydrogen) atoms. The number of pyridine rings is 1. The Balaban J connectivity index is 1.79. The maximum absolute atomic E-state index is 5.08. The lowest BCUT2D eigenvalue weighted by Crippen LogP contribution is -2.11. The monoisotopic (exact) mass is 441 g/mol. The number of hydrogen-bond acceptors (Lipinski definition) is 2. The molecule has 0 atom stereocenters. The van der Waals surface area contributed by atoms with Gasteiger partial charge >= 0.3 is 0 Å². The summed E-state index contributed by atoms with van der Waals surface area (Å²) >= 11 is 1.84. The second kappa shape index (κ2) is 8.48. The molecule has 166 valence electrons. The minimum absolute atomic E-state index is 0.121. The van der Waals surface area contributed by atoms with Crippen LogP contribution in [-0.2, 0) is 5.41 Å². The summed E-state index contributed by atoms with van der Waals surface area (Å²) < 4.78 is 1.24. The molecule has 0 amide bonds. The first kappa shape index (κ1) is 22.7. The summed E-state index contributed by atoms with van der Waals surface area (Å²) in [5.41, 5.74) is 10.2. The van der Waals surface area contributed by atoms with Gasteiger partial charge in [-0.25, -0.2) is 4.98 Å². The standard InChI is InChI=1S/C30H35NS/c1-18(2)21-13-22(19(3)4)15-24(14-21)29-17-27-28(32-29)10-9-26(31-27)23-11-20(5)12-25(16-23)30(6,7)8/h9-19H,1-8H3. The fourth-order valence-electron chi connectivity index (χ4n) is 4.08. The predicted octanol–water partition coefficient (Wildman–Crippen LogP) is 9.48. The van der Waals surface area contributed by atoms with Gasteiger partial charge in [-0.3, -0.25) is 0 Å². The van der Waals surface area contributed by atoms with Crippen LogP contribution in [0.15, 0.2) is 54.6 Å². The number of benzene rings is 2. The van der Waals surface area contributed by atoms with E-state index in [2.05, 4.69) is 110 Å². The third-order valence-corrected chi connectivity index (χ3v) is 7.35. The van der Waals surface area contributed by atoms with Crippen LogP contribution in [0.5, 0.6) is 0 Å². The van der Waals surface area contributed by atoms with Crippen LogP contribution < -0.4 is 0 Å². The zero-order chi connectivity index (χ0) is 23.2. The van der Waals surface area contributed by atoms with E-state index in [1.807, 2.05) is 11.3 Å². The Morgan fingerprint density at radius 2 is 1.41 bits per heavy atom. The molecule has 0 aliphatic rings. The van der Waals surface area contributed by atoms with Crippen molar-refractivity contribution in [1.82, 2.24) is 4.98 Å². The largest absolute Gasteiger partial charge is 0.247 e. The van der Waals surface area contributed by atoms with Crippen LogP contribution >= 0.6 is 11.3 Å². The van der Waals surface area contributed by atoms with E-state index in [0.717, 1.165) is 11.2 Å². The first-order valence-corrected chi connectivity index (χ1v) is 12.5.